The van der Waals surface area contributed by atoms with Crippen LogP contribution >= 0.6 is 15.9 Å². The van der Waals surface area contributed by atoms with Crippen molar-refractivity contribution in [1.29, 1.82) is 0 Å². The maximum Gasteiger partial charge on any atom is 0.0332 e. The second kappa shape index (κ2) is 10.0. The summed E-state index contributed by atoms with van der Waals surface area (Å²) in [5, 5.41) is 4.97. The molecule has 0 fully saturated rings. The Bertz CT molecular complexity index is 1840. The van der Waals surface area contributed by atoms with Crippen molar-refractivity contribution in [3.8, 4) is 44.5 Å². The zero-order chi connectivity index (χ0) is 26.2. The minimum Gasteiger partial charge on any atom is -0.0622 e. The standard InChI is InChI=1S/C38H25Br/c39-38-35-20-9-7-18-33(35)37(34-19-8-10-21-36(34)38)29-17-11-16-28(22-29)32-24-30(26-12-3-1-4-13-26)23-31(25-32)27-14-5-2-6-15-27/h1-25H. The fraction of sp³-hybridized carbons (Fsp3) is 0. The summed E-state index contributed by atoms with van der Waals surface area (Å²) in [6, 6.07) is 54.6. The minimum atomic E-state index is 1.15. The van der Waals surface area contributed by atoms with Crippen molar-refractivity contribution >= 4 is 37.5 Å². The molecular formula is C38H25Br. The Kier molecular flexibility index (Phi) is 6.07. The number of rotatable bonds is 4. The van der Waals surface area contributed by atoms with E-state index in [0.29, 0.717) is 0 Å². The molecule has 0 heterocycles. The van der Waals surface area contributed by atoms with E-state index in [0.717, 1.165) is 4.47 Å². The molecule has 0 unspecified atom stereocenters. The van der Waals surface area contributed by atoms with Gasteiger partial charge in [-0.25, -0.2) is 0 Å². The molecule has 39 heavy (non-hydrogen) atoms. The lowest BCUT2D eigenvalue weighted by Crippen LogP contribution is -1.89. The molecule has 0 aliphatic rings. The van der Waals surface area contributed by atoms with E-state index < -0.39 is 0 Å². The lowest BCUT2D eigenvalue weighted by molar-refractivity contribution is 1.56. The van der Waals surface area contributed by atoms with Crippen LogP contribution in [-0.2, 0) is 0 Å². The van der Waals surface area contributed by atoms with Crippen molar-refractivity contribution in [1.82, 2.24) is 0 Å². The van der Waals surface area contributed by atoms with E-state index in [2.05, 4.69) is 168 Å². The van der Waals surface area contributed by atoms with Crippen LogP contribution in [0.15, 0.2) is 156 Å². The molecule has 0 N–H and O–H groups in total. The molecule has 0 saturated carbocycles. The van der Waals surface area contributed by atoms with Crippen LogP contribution in [0, 0.1) is 0 Å². The van der Waals surface area contributed by atoms with Gasteiger partial charge in [0.1, 0.15) is 0 Å². The van der Waals surface area contributed by atoms with E-state index in [-0.39, 0.29) is 0 Å². The molecule has 0 aliphatic heterocycles. The van der Waals surface area contributed by atoms with Crippen LogP contribution in [0.25, 0.3) is 66.1 Å². The Morgan fingerprint density at radius 3 is 1.15 bits per heavy atom. The summed E-state index contributed by atoms with van der Waals surface area (Å²) in [7, 11) is 0. The summed E-state index contributed by atoms with van der Waals surface area (Å²) in [6.07, 6.45) is 0. The van der Waals surface area contributed by atoms with Gasteiger partial charge in [0, 0.05) is 4.47 Å². The zero-order valence-electron chi connectivity index (χ0n) is 21.3. The second-order valence-electron chi connectivity index (χ2n) is 9.89. The van der Waals surface area contributed by atoms with Crippen LogP contribution in [0.4, 0.5) is 0 Å². The highest BCUT2D eigenvalue weighted by Gasteiger charge is 2.15. The molecule has 7 aromatic rings. The molecule has 0 atom stereocenters. The molecule has 0 amide bonds. The first-order valence-corrected chi connectivity index (χ1v) is 14.0. The molecular weight excluding hydrogens is 536 g/mol. The SMILES string of the molecule is Brc1c2ccccc2c(-c2cccc(-c3cc(-c4ccccc4)cc(-c4ccccc4)c3)c2)c2ccccc12. The Morgan fingerprint density at radius 1 is 0.282 bits per heavy atom. The first-order valence-electron chi connectivity index (χ1n) is 13.2. The van der Waals surface area contributed by atoms with Crippen LogP contribution in [0.3, 0.4) is 0 Å². The highest BCUT2D eigenvalue weighted by molar-refractivity contribution is 9.10. The molecule has 0 spiro atoms. The van der Waals surface area contributed by atoms with Crippen LogP contribution in [0.2, 0.25) is 0 Å². The lowest BCUT2D eigenvalue weighted by atomic mass is 9.89. The largest absolute Gasteiger partial charge is 0.0622 e. The van der Waals surface area contributed by atoms with Gasteiger partial charge in [0.25, 0.3) is 0 Å². The van der Waals surface area contributed by atoms with Crippen molar-refractivity contribution in [3.05, 3.63) is 156 Å². The summed E-state index contributed by atoms with van der Waals surface area (Å²) >= 11 is 3.90. The minimum absolute atomic E-state index is 1.15. The number of hydrogen-bond acceptors (Lipinski definition) is 0. The monoisotopic (exact) mass is 560 g/mol. The Labute approximate surface area is 237 Å². The molecule has 0 saturated heterocycles. The van der Waals surface area contributed by atoms with Crippen molar-refractivity contribution in [3.63, 3.8) is 0 Å². The number of fused-ring (bicyclic) bond motifs is 2. The van der Waals surface area contributed by atoms with Crippen LogP contribution in [-0.4, -0.2) is 0 Å². The third-order valence-corrected chi connectivity index (χ3v) is 8.35. The summed E-state index contributed by atoms with van der Waals surface area (Å²) in [5.74, 6) is 0. The van der Waals surface area contributed by atoms with Gasteiger partial charge in [-0.15, -0.1) is 0 Å². The maximum absolute atomic E-state index is 3.90. The fourth-order valence-corrected chi connectivity index (χ4v) is 6.32. The van der Waals surface area contributed by atoms with E-state index in [4.69, 9.17) is 0 Å². The van der Waals surface area contributed by atoms with E-state index in [1.165, 1.54) is 66.1 Å². The highest BCUT2D eigenvalue weighted by Crippen LogP contribution is 2.42. The average Bonchev–Trinajstić information content (AvgIpc) is 3.02. The number of halogens is 1. The first-order chi connectivity index (χ1) is 19.3. The van der Waals surface area contributed by atoms with Gasteiger partial charge in [-0.3, -0.25) is 0 Å². The predicted molar refractivity (Wildman–Crippen MR) is 171 cm³/mol. The highest BCUT2D eigenvalue weighted by atomic mass is 79.9. The zero-order valence-corrected chi connectivity index (χ0v) is 22.9. The quantitative estimate of drug-likeness (QED) is 0.188. The van der Waals surface area contributed by atoms with Crippen molar-refractivity contribution < 1.29 is 0 Å². The molecule has 184 valence electrons. The van der Waals surface area contributed by atoms with Gasteiger partial charge in [0.2, 0.25) is 0 Å². The summed E-state index contributed by atoms with van der Waals surface area (Å²) in [5.41, 5.74) is 9.79. The van der Waals surface area contributed by atoms with Crippen molar-refractivity contribution in [2.24, 2.45) is 0 Å². The van der Waals surface area contributed by atoms with Crippen molar-refractivity contribution in [2.75, 3.05) is 0 Å². The average molecular weight is 562 g/mol. The summed E-state index contributed by atoms with van der Waals surface area (Å²) < 4.78 is 1.15. The van der Waals surface area contributed by atoms with Crippen LogP contribution in [0.1, 0.15) is 0 Å². The van der Waals surface area contributed by atoms with E-state index >= 15 is 0 Å². The summed E-state index contributed by atoms with van der Waals surface area (Å²) in [6.45, 7) is 0. The first kappa shape index (κ1) is 23.6. The molecule has 1 heteroatoms. The lowest BCUT2D eigenvalue weighted by Gasteiger charge is -2.16. The Morgan fingerprint density at radius 2 is 0.641 bits per heavy atom. The smallest absolute Gasteiger partial charge is 0.0332 e. The third-order valence-electron chi connectivity index (χ3n) is 7.50. The normalized spacial score (nSPS) is 11.2. The Balaban J connectivity index is 1.46. The van der Waals surface area contributed by atoms with Gasteiger partial charge >= 0.3 is 0 Å². The maximum atomic E-state index is 3.90. The van der Waals surface area contributed by atoms with Gasteiger partial charge in [-0.05, 0) is 106 Å². The Hall–Kier alpha value is -4.46. The molecule has 0 aromatic heterocycles. The van der Waals surface area contributed by atoms with Crippen LogP contribution < -0.4 is 0 Å². The fourth-order valence-electron chi connectivity index (χ4n) is 5.63. The number of benzene rings is 7. The molecule has 7 aromatic carbocycles. The van der Waals surface area contributed by atoms with Crippen molar-refractivity contribution in [2.45, 2.75) is 0 Å². The second-order valence-corrected chi connectivity index (χ2v) is 10.7. The van der Waals surface area contributed by atoms with Crippen LogP contribution in [0.5, 0.6) is 0 Å². The molecule has 0 radical (unpaired) electrons. The predicted octanol–water partition coefficient (Wildman–Crippen LogP) is 11.4. The van der Waals surface area contributed by atoms with Gasteiger partial charge in [0.15, 0.2) is 0 Å². The number of hydrogen-bond donors (Lipinski definition) is 0. The molecule has 0 bridgehead atoms. The molecule has 7 rings (SSSR count). The van der Waals surface area contributed by atoms with E-state index in [9.17, 15) is 0 Å². The van der Waals surface area contributed by atoms with E-state index in [1.807, 2.05) is 0 Å². The third kappa shape index (κ3) is 4.35. The molecule has 0 nitrogen and oxygen atoms in total. The van der Waals surface area contributed by atoms with Gasteiger partial charge in [0.05, 0.1) is 0 Å². The van der Waals surface area contributed by atoms with E-state index in [1.54, 1.807) is 0 Å². The summed E-state index contributed by atoms with van der Waals surface area (Å²) in [4.78, 5) is 0. The molecule has 0 aliphatic carbocycles. The topological polar surface area (TPSA) is 0 Å². The van der Waals surface area contributed by atoms with Gasteiger partial charge in [-0.2, -0.15) is 0 Å². The van der Waals surface area contributed by atoms with Gasteiger partial charge < -0.3 is 0 Å². The van der Waals surface area contributed by atoms with Gasteiger partial charge in [-0.1, -0.05) is 127 Å².